The lowest BCUT2D eigenvalue weighted by Gasteiger charge is -2.10. The fourth-order valence-corrected chi connectivity index (χ4v) is 3.04. The first-order valence-electron chi connectivity index (χ1n) is 10.9. The van der Waals surface area contributed by atoms with Gasteiger partial charge in [-0.25, -0.2) is 0 Å². The Hall–Kier alpha value is -3.74. The molecule has 0 bridgehead atoms. The molecule has 3 aromatic rings. The number of nitrogens with zero attached hydrogens (tertiary/aromatic N) is 2. The van der Waals surface area contributed by atoms with E-state index in [-0.39, 0.29) is 18.5 Å². The van der Waals surface area contributed by atoms with E-state index in [1.807, 2.05) is 18.3 Å². The first-order chi connectivity index (χ1) is 15.7. The Bertz CT molecular complexity index is 1090. The zero-order valence-electron chi connectivity index (χ0n) is 19.7. The van der Waals surface area contributed by atoms with E-state index in [1.54, 1.807) is 18.3 Å². The molecular weight excluding hydrogens is 418 g/mol. The predicted molar refractivity (Wildman–Crippen MR) is 131 cm³/mol. The van der Waals surface area contributed by atoms with Gasteiger partial charge >= 0.3 is 5.97 Å². The minimum absolute atomic E-state index is 0.0559. The Balaban J connectivity index is 0.000000329. The second kappa shape index (κ2) is 14.3. The number of carboxylic acid groups (broad SMARTS) is 1. The third-order valence-electron chi connectivity index (χ3n) is 4.42. The zero-order valence-corrected chi connectivity index (χ0v) is 19.7. The van der Waals surface area contributed by atoms with E-state index in [0.717, 1.165) is 11.1 Å². The minimum Gasteiger partial charge on any atom is -0.481 e. The predicted octanol–water partition coefficient (Wildman–Crippen LogP) is 4.13. The van der Waals surface area contributed by atoms with Crippen molar-refractivity contribution < 1.29 is 14.7 Å². The number of amides is 1. The van der Waals surface area contributed by atoms with Crippen LogP contribution in [0.3, 0.4) is 0 Å². The van der Waals surface area contributed by atoms with Crippen molar-refractivity contribution in [3.63, 3.8) is 0 Å². The highest BCUT2D eigenvalue weighted by Gasteiger charge is 2.07. The molecule has 0 aliphatic heterocycles. The van der Waals surface area contributed by atoms with Crippen LogP contribution in [0.1, 0.15) is 43.4 Å². The fraction of sp³-hybridized carbons (Fsp3) is 0.308. The molecule has 1 amide bonds. The van der Waals surface area contributed by atoms with Gasteiger partial charge in [-0.05, 0) is 54.7 Å². The Morgan fingerprint density at radius 3 is 2.21 bits per heavy atom. The van der Waals surface area contributed by atoms with E-state index in [1.165, 1.54) is 39.9 Å². The van der Waals surface area contributed by atoms with Gasteiger partial charge in [-0.15, -0.1) is 0 Å². The lowest BCUT2D eigenvalue weighted by atomic mass is 9.96. The molecule has 0 spiro atoms. The van der Waals surface area contributed by atoms with Crippen molar-refractivity contribution in [3.05, 3.63) is 88.1 Å². The van der Waals surface area contributed by atoms with Gasteiger partial charge in [0.2, 0.25) is 5.91 Å². The number of hydrogen-bond acceptors (Lipinski definition) is 4. The Labute approximate surface area is 194 Å². The summed E-state index contributed by atoms with van der Waals surface area (Å²) in [6.45, 7) is 8.35. The van der Waals surface area contributed by atoms with Gasteiger partial charge in [0.15, 0.2) is 0 Å². The molecule has 0 saturated heterocycles. The van der Waals surface area contributed by atoms with Crippen LogP contribution in [0.15, 0.2) is 65.8 Å². The summed E-state index contributed by atoms with van der Waals surface area (Å²) in [6.07, 6.45) is 6.99. The van der Waals surface area contributed by atoms with Crippen LogP contribution in [0.4, 0.5) is 0 Å². The number of carbonyl (C=O) groups is 2. The van der Waals surface area contributed by atoms with Crippen molar-refractivity contribution in [3.8, 4) is 11.1 Å². The highest BCUT2D eigenvalue weighted by molar-refractivity contribution is 5.73. The van der Waals surface area contributed by atoms with Gasteiger partial charge in [-0.2, -0.15) is 0 Å². The maximum Gasteiger partial charge on any atom is 0.303 e. The summed E-state index contributed by atoms with van der Waals surface area (Å²) in [5.74, 6) is -1.30. The van der Waals surface area contributed by atoms with Crippen LogP contribution in [-0.4, -0.2) is 26.5 Å². The maximum atomic E-state index is 10.9. The molecule has 0 aliphatic rings. The summed E-state index contributed by atoms with van der Waals surface area (Å²) in [5.41, 5.74) is 10.3. The van der Waals surface area contributed by atoms with Crippen LogP contribution in [0, 0.1) is 13.8 Å². The normalized spacial score (nSPS) is 9.70. The number of pyridine rings is 2. The molecule has 1 aromatic carbocycles. The lowest BCUT2D eigenvalue weighted by molar-refractivity contribution is -0.137. The molecule has 0 radical (unpaired) electrons. The monoisotopic (exact) mass is 451 g/mol. The van der Waals surface area contributed by atoms with Crippen LogP contribution in [0.2, 0.25) is 0 Å². The lowest BCUT2D eigenvalue weighted by Crippen LogP contribution is -2.26. The van der Waals surface area contributed by atoms with Crippen LogP contribution >= 0.6 is 0 Å². The number of carboxylic acids is 1. The maximum absolute atomic E-state index is 10.9. The highest BCUT2D eigenvalue weighted by Crippen LogP contribution is 2.27. The third kappa shape index (κ3) is 9.95. The second-order valence-corrected chi connectivity index (χ2v) is 7.58. The average molecular weight is 452 g/mol. The largest absolute Gasteiger partial charge is 0.481 e. The molecule has 2 aromatic heterocycles. The first kappa shape index (κ1) is 27.3. The van der Waals surface area contributed by atoms with Crippen molar-refractivity contribution in [2.45, 2.75) is 53.5 Å². The summed E-state index contributed by atoms with van der Waals surface area (Å²) >= 11 is 0. The summed E-state index contributed by atoms with van der Waals surface area (Å²) in [6, 6.07) is 12.9. The molecule has 7 heteroatoms. The number of carbonyl (C=O) groups excluding carboxylic acids is 1. The van der Waals surface area contributed by atoms with Crippen molar-refractivity contribution in [2.75, 3.05) is 0 Å². The minimum atomic E-state index is -0.780. The van der Waals surface area contributed by atoms with Crippen LogP contribution in [0.25, 0.3) is 11.1 Å². The molecule has 176 valence electrons. The van der Waals surface area contributed by atoms with Gasteiger partial charge in [-0.1, -0.05) is 44.5 Å². The van der Waals surface area contributed by atoms with Crippen molar-refractivity contribution in [1.82, 2.24) is 9.55 Å². The Morgan fingerprint density at radius 1 is 1.03 bits per heavy atom. The van der Waals surface area contributed by atoms with Gasteiger partial charge < -0.3 is 15.4 Å². The third-order valence-corrected chi connectivity index (χ3v) is 4.42. The van der Waals surface area contributed by atoms with E-state index >= 15 is 0 Å². The molecule has 7 nitrogen and oxygen atoms in total. The van der Waals surface area contributed by atoms with Gasteiger partial charge in [0.25, 0.3) is 5.56 Å². The molecule has 3 rings (SSSR count). The number of rotatable bonds is 6. The standard InChI is InChI=1S/C16H17NO2.C7H8N2O2.C3H8/c1-11-4-3-5-12(2)16(11)14-8-13(9-17-10-14)6-7-15(18)19;8-6(10)5-9-4-2-1-3-7(9)11;1-3-2/h3-5,8-10H,6-7H2,1-2H3,(H,18,19);1-4H,5H2,(H2,8,10);3H2,1-2H3. The van der Waals surface area contributed by atoms with Crippen molar-refractivity contribution >= 4 is 11.9 Å². The van der Waals surface area contributed by atoms with E-state index < -0.39 is 11.9 Å². The smallest absolute Gasteiger partial charge is 0.303 e. The number of aromatic nitrogens is 2. The molecule has 0 aliphatic carbocycles. The first-order valence-corrected chi connectivity index (χ1v) is 10.9. The van der Waals surface area contributed by atoms with Gasteiger partial charge in [0, 0.05) is 36.6 Å². The molecule has 3 N–H and O–H groups in total. The van der Waals surface area contributed by atoms with E-state index in [2.05, 4.69) is 44.8 Å². The summed E-state index contributed by atoms with van der Waals surface area (Å²) in [5, 5.41) is 8.73. The number of hydrogen-bond donors (Lipinski definition) is 2. The van der Waals surface area contributed by atoms with Crippen LogP contribution in [-0.2, 0) is 22.6 Å². The molecular formula is C26H33N3O4. The number of nitrogens with two attached hydrogens (primary N) is 1. The second-order valence-electron chi connectivity index (χ2n) is 7.58. The van der Waals surface area contributed by atoms with E-state index in [4.69, 9.17) is 10.8 Å². The zero-order chi connectivity index (χ0) is 24.8. The summed E-state index contributed by atoms with van der Waals surface area (Å²) < 4.78 is 1.25. The highest BCUT2D eigenvalue weighted by atomic mass is 16.4. The van der Waals surface area contributed by atoms with Crippen LogP contribution < -0.4 is 11.3 Å². The van der Waals surface area contributed by atoms with E-state index in [9.17, 15) is 14.4 Å². The number of benzene rings is 1. The molecule has 0 saturated carbocycles. The summed E-state index contributed by atoms with van der Waals surface area (Å²) in [4.78, 5) is 36.1. The summed E-state index contributed by atoms with van der Waals surface area (Å²) in [7, 11) is 0. The average Bonchev–Trinajstić information content (AvgIpc) is 2.75. The number of aryl methyl sites for hydroxylation is 3. The molecule has 2 heterocycles. The van der Waals surface area contributed by atoms with E-state index in [0.29, 0.717) is 6.42 Å². The molecule has 0 unspecified atom stereocenters. The Morgan fingerprint density at radius 2 is 1.67 bits per heavy atom. The van der Waals surface area contributed by atoms with Crippen molar-refractivity contribution in [1.29, 1.82) is 0 Å². The van der Waals surface area contributed by atoms with Crippen LogP contribution in [0.5, 0.6) is 0 Å². The Kier molecular flexibility index (Phi) is 11.9. The topological polar surface area (TPSA) is 115 Å². The van der Waals surface area contributed by atoms with Gasteiger partial charge in [0.1, 0.15) is 6.54 Å². The van der Waals surface area contributed by atoms with Gasteiger partial charge in [-0.3, -0.25) is 19.4 Å². The van der Waals surface area contributed by atoms with Crippen molar-refractivity contribution in [2.24, 2.45) is 5.73 Å². The number of primary amides is 1. The quantitative estimate of drug-likeness (QED) is 0.585. The SMILES string of the molecule is CCC.Cc1cccc(C)c1-c1cncc(CCC(=O)O)c1.NC(=O)Cn1ccccc1=O. The molecule has 0 fully saturated rings. The fourth-order valence-electron chi connectivity index (χ4n) is 3.04. The molecule has 0 atom stereocenters. The molecule has 33 heavy (non-hydrogen) atoms. The number of aliphatic carboxylic acids is 1. The van der Waals surface area contributed by atoms with Gasteiger partial charge in [0.05, 0.1) is 0 Å².